The summed E-state index contributed by atoms with van der Waals surface area (Å²) in [6.07, 6.45) is 7.04. The van der Waals surface area contributed by atoms with Gasteiger partial charge in [0.1, 0.15) is 5.82 Å². The molecule has 31 heavy (non-hydrogen) atoms. The quantitative estimate of drug-likeness (QED) is 0.770. The number of hydrogen-bond acceptors (Lipinski definition) is 4. The molecule has 166 valence electrons. The fourth-order valence-electron chi connectivity index (χ4n) is 4.46. The van der Waals surface area contributed by atoms with E-state index >= 15 is 0 Å². The second-order valence-corrected chi connectivity index (χ2v) is 8.50. The van der Waals surface area contributed by atoms with Crippen molar-refractivity contribution in [2.24, 2.45) is 0 Å². The second kappa shape index (κ2) is 9.96. The van der Waals surface area contributed by atoms with Crippen LogP contribution in [0.15, 0.2) is 36.5 Å². The molecule has 8 nitrogen and oxygen atoms in total. The van der Waals surface area contributed by atoms with Gasteiger partial charge in [-0.3, -0.25) is 15.0 Å². The highest BCUT2D eigenvalue weighted by Crippen LogP contribution is 2.26. The third-order valence-corrected chi connectivity index (χ3v) is 6.28. The van der Waals surface area contributed by atoms with E-state index in [1.54, 1.807) is 6.20 Å². The maximum Gasteiger partial charge on any atom is 0.324 e. The predicted molar refractivity (Wildman–Crippen MR) is 121 cm³/mol. The zero-order valence-corrected chi connectivity index (χ0v) is 18.2. The molecule has 4 rings (SSSR count). The first kappa shape index (κ1) is 21.4. The van der Waals surface area contributed by atoms with Crippen LogP contribution in [0.2, 0.25) is 0 Å². The van der Waals surface area contributed by atoms with Crippen molar-refractivity contribution in [1.82, 2.24) is 19.6 Å². The van der Waals surface area contributed by atoms with E-state index in [4.69, 9.17) is 0 Å². The van der Waals surface area contributed by atoms with Crippen LogP contribution in [0.25, 0.3) is 0 Å². The molecule has 2 saturated heterocycles. The van der Waals surface area contributed by atoms with Crippen molar-refractivity contribution in [3.8, 4) is 0 Å². The Balaban J connectivity index is 1.29. The molecule has 0 radical (unpaired) electrons. The lowest BCUT2D eigenvalue weighted by Gasteiger charge is -2.34. The van der Waals surface area contributed by atoms with Gasteiger partial charge in [-0.25, -0.2) is 9.48 Å². The van der Waals surface area contributed by atoms with Gasteiger partial charge < -0.3 is 10.2 Å². The fraction of sp³-hybridized carbons (Fsp3) is 0.522. The summed E-state index contributed by atoms with van der Waals surface area (Å²) in [4.78, 5) is 29.4. The fourth-order valence-corrected chi connectivity index (χ4v) is 4.46. The molecular weight excluding hydrogens is 392 g/mol. The van der Waals surface area contributed by atoms with Crippen LogP contribution in [0.4, 0.5) is 16.3 Å². The summed E-state index contributed by atoms with van der Waals surface area (Å²) in [6, 6.07) is 9.37. The Morgan fingerprint density at radius 1 is 1.00 bits per heavy atom. The Kier molecular flexibility index (Phi) is 6.86. The Morgan fingerprint density at radius 2 is 1.74 bits per heavy atom. The van der Waals surface area contributed by atoms with E-state index in [9.17, 15) is 9.59 Å². The average molecular weight is 425 g/mol. The summed E-state index contributed by atoms with van der Waals surface area (Å²) in [5.41, 5.74) is 1.79. The first-order chi connectivity index (χ1) is 15.1. The first-order valence-electron chi connectivity index (χ1n) is 11.3. The molecule has 3 heterocycles. The lowest BCUT2D eigenvalue weighted by Crippen LogP contribution is -2.45. The van der Waals surface area contributed by atoms with E-state index in [2.05, 4.69) is 20.6 Å². The molecular formula is C23H32N6O2. The highest BCUT2D eigenvalue weighted by Gasteiger charge is 2.27. The molecule has 0 atom stereocenters. The topological polar surface area (TPSA) is 82.5 Å². The van der Waals surface area contributed by atoms with Crippen molar-refractivity contribution in [3.05, 3.63) is 42.1 Å². The van der Waals surface area contributed by atoms with Gasteiger partial charge in [0, 0.05) is 24.8 Å². The van der Waals surface area contributed by atoms with Crippen LogP contribution in [0.1, 0.15) is 43.7 Å². The molecule has 2 N–H and O–H groups in total. The van der Waals surface area contributed by atoms with Crippen molar-refractivity contribution >= 4 is 23.4 Å². The van der Waals surface area contributed by atoms with Crippen LogP contribution in [0.5, 0.6) is 0 Å². The lowest BCUT2D eigenvalue weighted by atomic mass is 10.0. The normalized spacial score (nSPS) is 18.0. The molecule has 8 heteroatoms. The van der Waals surface area contributed by atoms with Gasteiger partial charge in [0.25, 0.3) is 0 Å². The number of benzene rings is 1. The molecule has 3 amide bonds. The van der Waals surface area contributed by atoms with Gasteiger partial charge in [-0.05, 0) is 57.3 Å². The summed E-state index contributed by atoms with van der Waals surface area (Å²) >= 11 is 0. The molecule has 0 saturated carbocycles. The van der Waals surface area contributed by atoms with E-state index in [1.807, 2.05) is 46.8 Å². The third kappa shape index (κ3) is 5.44. The van der Waals surface area contributed by atoms with Gasteiger partial charge in [-0.2, -0.15) is 5.10 Å². The maximum absolute atomic E-state index is 12.7. The minimum absolute atomic E-state index is 0.169. The molecule has 1 aromatic heterocycles. The number of para-hydroxylation sites is 1. The number of aryl methyl sites for hydroxylation is 1. The molecule has 2 fully saturated rings. The summed E-state index contributed by atoms with van der Waals surface area (Å²) in [5, 5.41) is 10.2. The lowest BCUT2D eigenvalue weighted by molar-refractivity contribution is -0.134. The summed E-state index contributed by atoms with van der Waals surface area (Å²) in [6.45, 7) is 6.03. The zero-order valence-electron chi connectivity index (χ0n) is 18.2. The van der Waals surface area contributed by atoms with Gasteiger partial charge in [0.05, 0.1) is 18.8 Å². The van der Waals surface area contributed by atoms with Crippen LogP contribution >= 0.6 is 0 Å². The number of anilines is 2. The number of carbonyl (C=O) groups excluding carboxylic acids is 2. The van der Waals surface area contributed by atoms with Crippen LogP contribution in [0, 0.1) is 6.92 Å². The van der Waals surface area contributed by atoms with Crippen molar-refractivity contribution in [1.29, 1.82) is 0 Å². The number of urea groups is 1. The van der Waals surface area contributed by atoms with E-state index in [-0.39, 0.29) is 18.0 Å². The van der Waals surface area contributed by atoms with Gasteiger partial charge in [-0.15, -0.1) is 0 Å². The minimum Gasteiger partial charge on any atom is -0.341 e. The standard InChI is InChI=1S/C23H32N6O2/c1-18-7-3-4-8-20(18)25-23(31)26-21-9-12-24-29(21)19-10-15-28(16-11-19)22(30)17-27-13-5-2-6-14-27/h3-4,7-9,12,19H,2,5-6,10-11,13-17H2,1H3,(H2,25,26,31). The van der Waals surface area contributed by atoms with Gasteiger partial charge >= 0.3 is 6.03 Å². The van der Waals surface area contributed by atoms with Crippen molar-refractivity contribution in [2.75, 3.05) is 43.4 Å². The number of likely N-dealkylation sites (tertiary alicyclic amines) is 2. The van der Waals surface area contributed by atoms with E-state index in [0.29, 0.717) is 12.4 Å². The highest BCUT2D eigenvalue weighted by atomic mass is 16.2. The zero-order chi connectivity index (χ0) is 21.6. The predicted octanol–water partition coefficient (Wildman–Crippen LogP) is 3.48. The van der Waals surface area contributed by atoms with E-state index in [1.165, 1.54) is 19.3 Å². The highest BCUT2D eigenvalue weighted by molar-refractivity contribution is 5.99. The van der Waals surface area contributed by atoms with E-state index < -0.39 is 0 Å². The molecule has 2 aliphatic heterocycles. The largest absolute Gasteiger partial charge is 0.341 e. The third-order valence-electron chi connectivity index (χ3n) is 6.28. The number of piperidine rings is 2. The Hall–Kier alpha value is -2.87. The monoisotopic (exact) mass is 424 g/mol. The van der Waals surface area contributed by atoms with Crippen LogP contribution in [-0.4, -0.2) is 64.2 Å². The molecule has 0 aliphatic carbocycles. The number of amides is 3. The molecule has 0 spiro atoms. The first-order valence-corrected chi connectivity index (χ1v) is 11.3. The van der Waals surface area contributed by atoms with Gasteiger partial charge in [0.2, 0.25) is 5.91 Å². The summed E-state index contributed by atoms with van der Waals surface area (Å²) in [7, 11) is 0. The molecule has 0 unspecified atom stereocenters. The van der Waals surface area contributed by atoms with Crippen LogP contribution in [-0.2, 0) is 4.79 Å². The minimum atomic E-state index is -0.287. The van der Waals surface area contributed by atoms with Gasteiger partial charge in [0.15, 0.2) is 0 Å². The SMILES string of the molecule is Cc1ccccc1NC(=O)Nc1ccnn1C1CCN(C(=O)CN2CCCCC2)CC1. The summed E-state index contributed by atoms with van der Waals surface area (Å²) in [5.74, 6) is 0.904. The number of hydrogen-bond donors (Lipinski definition) is 2. The second-order valence-electron chi connectivity index (χ2n) is 8.50. The number of nitrogens with one attached hydrogen (secondary N) is 2. The molecule has 2 aromatic rings. The molecule has 1 aromatic carbocycles. The number of aromatic nitrogens is 2. The number of carbonyl (C=O) groups is 2. The van der Waals surface area contributed by atoms with Crippen molar-refractivity contribution < 1.29 is 9.59 Å². The van der Waals surface area contributed by atoms with E-state index in [0.717, 1.165) is 50.3 Å². The average Bonchev–Trinajstić information content (AvgIpc) is 3.24. The Labute approximate surface area is 183 Å². The Bertz CT molecular complexity index is 897. The van der Waals surface area contributed by atoms with Crippen LogP contribution in [0.3, 0.4) is 0 Å². The molecule has 0 bridgehead atoms. The maximum atomic E-state index is 12.7. The van der Waals surface area contributed by atoms with Crippen LogP contribution < -0.4 is 10.6 Å². The Morgan fingerprint density at radius 3 is 2.48 bits per heavy atom. The van der Waals surface area contributed by atoms with Crippen molar-refractivity contribution in [2.45, 2.75) is 45.1 Å². The summed E-state index contributed by atoms with van der Waals surface area (Å²) < 4.78 is 1.88. The number of nitrogens with zero attached hydrogens (tertiary/aromatic N) is 4. The smallest absolute Gasteiger partial charge is 0.324 e. The van der Waals surface area contributed by atoms with Crippen molar-refractivity contribution in [3.63, 3.8) is 0 Å². The van der Waals surface area contributed by atoms with Gasteiger partial charge in [-0.1, -0.05) is 24.6 Å². The number of rotatable bonds is 5. The molecule has 2 aliphatic rings.